The van der Waals surface area contributed by atoms with E-state index in [1.165, 1.54) is 6.07 Å². The first kappa shape index (κ1) is 15.5. The van der Waals surface area contributed by atoms with Crippen molar-refractivity contribution in [2.24, 2.45) is 0 Å². The molecule has 0 aliphatic rings. The van der Waals surface area contributed by atoms with Crippen LogP contribution in [-0.2, 0) is 0 Å². The Balaban J connectivity index is 2.30. The molecule has 0 fully saturated rings. The van der Waals surface area contributed by atoms with Gasteiger partial charge in [-0.3, -0.25) is 4.79 Å². The van der Waals surface area contributed by atoms with E-state index in [1.807, 2.05) is 0 Å². The topological polar surface area (TPSA) is 69.6 Å². The van der Waals surface area contributed by atoms with Gasteiger partial charge in [0.25, 0.3) is 5.91 Å². The van der Waals surface area contributed by atoms with Gasteiger partial charge in [0.05, 0.1) is 0 Å². The van der Waals surface area contributed by atoms with Gasteiger partial charge in [0.2, 0.25) is 0 Å². The predicted octanol–water partition coefficient (Wildman–Crippen LogP) is 1.72. The molecule has 0 saturated carbocycles. The fraction of sp³-hybridized carbons (Fsp3) is 0.0714. The lowest BCUT2D eigenvalue weighted by Gasteiger charge is -2.10. The number of amides is 1. The third-order valence-corrected chi connectivity index (χ3v) is 3.16. The average Bonchev–Trinajstić information content (AvgIpc) is 2.42. The monoisotopic (exact) mass is 307 g/mol. The predicted molar refractivity (Wildman–Crippen MR) is 80.4 cm³/mol. The lowest BCUT2D eigenvalue weighted by molar-refractivity contribution is 0.102. The van der Waals surface area contributed by atoms with Crippen LogP contribution in [0.1, 0.15) is 15.9 Å². The van der Waals surface area contributed by atoms with Crippen LogP contribution in [0.4, 0.5) is 10.1 Å². The van der Waals surface area contributed by atoms with Crippen molar-refractivity contribution in [3.05, 3.63) is 58.4 Å². The summed E-state index contributed by atoms with van der Waals surface area (Å²) in [5.41, 5.74) is 1.19. The summed E-state index contributed by atoms with van der Waals surface area (Å²) < 4.78 is 13.4. The molecular formula is C14H12BClFNO3. The van der Waals surface area contributed by atoms with Crippen LogP contribution in [-0.4, -0.2) is 23.1 Å². The largest absolute Gasteiger partial charge is 0.488 e. The molecule has 0 aromatic heterocycles. The maximum absolute atomic E-state index is 13.4. The quantitative estimate of drug-likeness (QED) is 0.756. The molecule has 0 spiro atoms. The molecule has 0 saturated heterocycles. The van der Waals surface area contributed by atoms with E-state index in [-0.39, 0.29) is 11.0 Å². The van der Waals surface area contributed by atoms with Gasteiger partial charge in [-0.15, -0.1) is 0 Å². The Morgan fingerprint density at radius 1 is 1.24 bits per heavy atom. The first-order chi connectivity index (χ1) is 9.86. The molecule has 2 aromatic rings. The van der Waals surface area contributed by atoms with Crippen LogP contribution in [0.5, 0.6) is 0 Å². The summed E-state index contributed by atoms with van der Waals surface area (Å²) in [7, 11) is -1.85. The number of hydrogen-bond donors (Lipinski definition) is 3. The number of benzene rings is 2. The normalized spacial score (nSPS) is 10.3. The minimum Gasteiger partial charge on any atom is -0.423 e. The average molecular weight is 308 g/mol. The molecule has 0 unspecified atom stereocenters. The Morgan fingerprint density at radius 2 is 1.95 bits per heavy atom. The van der Waals surface area contributed by atoms with Gasteiger partial charge in [-0.2, -0.15) is 0 Å². The van der Waals surface area contributed by atoms with Gasteiger partial charge in [-0.1, -0.05) is 17.7 Å². The smallest absolute Gasteiger partial charge is 0.423 e. The fourth-order valence-corrected chi connectivity index (χ4v) is 1.99. The molecule has 1 amide bonds. The summed E-state index contributed by atoms with van der Waals surface area (Å²) in [6.45, 7) is 1.79. The highest BCUT2D eigenvalue weighted by Crippen LogP contribution is 2.20. The van der Waals surface area contributed by atoms with Crippen LogP contribution < -0.4 is 10.8 Å². The first-order valence-corrected chi connectivity index (χ1v) is 6.49. The summed E-state index contributed by atoms with van der Waals surface area (Å²) in [6.07, 6.45) is 0. The zero-order valence-corrected chi connectivity index (χ0v) is 11.9. The Kier molecular flexibility index (Phi) is 4.62. The first-order valence-electron chi connectivity index (χ1n) is 6.11. The van der Waals surface area contributed by atoms with E-state index in [0.717, 1.165) is 17.7 Å². The molecule has 21 heavy (non-hydrogen) atoms. The van der Waals surface area contributed by atoms with Crippen molar-refractivity contribution in [3.8, 4) is 0 Å². The third-order valence-electron chi connectivity index (χ3n) is 2.93. The number of carbonyl (C=O) groups excluding carboxylic acids is 1. The number of nitrogens with one attached hydrogen (secondary N) is 1. The molecule has 2 rings (SSSR count). The van der Waals surface area contributed by atoms with Crippen molar-refractivity contribution >= 4 is 35.8 Å². The van der Waals surface area contributed by atoms with E-state index in [4.69, 9.17) is 21.6 Å². The van der Waals surface area contributed by atoms with Gasteiger partial charge in [0.1, 0.15) is 5.82 Å². The Labute approximate surface area is 126 Å². The van der Waals surface area contributed by atoms with Crippen molar-refractivity contribution in [1.29, 1.82) is 0 Å². The van der Waals surface area contributed by atoms with Gasteiger partial charge in [-0.05, 0) is 48.3 Å². The minimum absolute atomic E-state index is 0.0162. The van der Waals surface area contributed by atoms with E-state index < -0.39 is 18.8 Å². The van der Waals surface area contributed by atoms with E-state index in [9.17, 15) is 9.18 Å². The van der Waals surface area contributed by atoms with Crippen LogP contribution in [0, 0.1) is 12.7 Å². The number of aryl methyl sites for hydroxylation is 1. The highest BCUT2D eigenvalue weighted by Gasteiger charge is 2.16. The number of halogens is 2. The minimum atomic E-state index is -1.85. The van der Waals surface area contributed by atoms with Crippen LogP contribution in [0.25, 0.3) is 0 Å². The molecule has 0 aliphatic heterocycles. The number of anilines is 1. The van der Waals surface area contributed by atoms with Crippen molar-refractivity contribution in [1.82, 2.24) is 0 Å². The molecule has 3 N–H and O–H groups in total. The van der Waals surface area contributed by atoms with E-state index in [2.05, 4.69) is 5.32 Å². The van der Waals surface area contributed by atoms with E-state index in [0.29, 0.717) is 10.7 Å². The molecule has 0 bridgehead atoms. The van der Waals surface area contributed by atoms with Crippen LogP contribution in [0.15, 0.2) is 36.4 Å². The highest BCUT2D eigenvalue weighted by atomic mass is 35.5. The summed E-state index contributed by atoms with van der Waals surface area (Å²) in [5, 5.41) is 21.2. The second-order valence-corrected chi connectivity index (χ2v) is 5.00. The zero-order valence-electron chi connectivity index (χ0n) is 11.1. The SMILES string of the molecule is Cc1ccc(Cl)cc1NC(=O)c1cc(F)cc(B(O)O)c1. The molecule has 0 aliphatic carbocycles. The fourth-order valence-electron chi connectivity index (χ4n) is 1.82. The van der Waals surface area contributed by atoms with Gasteiger partial charge >= 0.3 is 7.12 Å². The van der Waals surface area contributed by atoms with Crippen molar-refractivity contribution in [3.63, 3.8) is 0 Å². The molecule has 7 heteroatoms. The number of hydrogen-bond acceptors (Lipinski definition) is 3. The summed E-state index contributed by atoms with van der Waals surface area (Å²) in [4.78, 5) is 12.1. The summed E-state index contributed by atoms with van der Waals surface area (Å²) in [5.74, 6) is -1.30. The lowest BCUT2D eigenvalue weighted by atomic mass is 9.79. The molecular weight excluding hydrogens is 295 g/mol. The lowest BCUT2D eigenvalue weighted by Crippen LogP contribution is -2.31. The van der Waals surface area contributed by atoms with Crippen LogP contribution in [0.3, 0.4) is 0 Å². The standard InChI is InChI=1S/C14H12BClFNO3/c1-8-2-3-11(16)7-13(8)18-14(19)9-4-10(15(20)21)6-12(17)5-9/h2-7,20-21H,1H3,(H,18,19). The Bertz CT molecular complexity index is 694. The molecule has 0 atom stereocenters. The Morgan fingerprint density at radius 3 is 2.62 bits per heavy atom. The maximum Gasteiger partial charge on any atom is 0.488 e. The second-order valence-electron chi connectivity index (χ2n) is 4.56. The summed E-state index contributed by atoms with van der Waals surface area (Å²) >= 11 is 5.86. The summed E-state index contributed by atoms with van der Waals surface area (Å²) in [6, 6.07) is 8.19. The van der Waals surface area contributed by atoms with Crippen molar-refractivity contribution in [2.45, 2.75) is 6.92 Å². The number of rotatable bonds is 3. The Hall–Kier alpha value is -1.89. The van der Waals surface area contributed by atoms with Crippen LogP contribution in [0.2, 0.25) is 5.02 Å². The molecule has 0 radical (unpaired) electrons. The third kappa shape index (κ3) is 3.82. The maximum atomic E-state index is 13.4. The zero-order chi connectivity index (χ0) is 15.6. The van der Waals surface area contributed by atoms with Crippen molar-refractivity contribution < 1.29 is 19.2 Å². The van der Waals surface area contributed by atoms with Gasteiger partial charge in [-0.25, -0.2) is 4.39 Å². The van der Waals surface area contributed by atoms with Crippen LogP contribution >= 0.6 is 11.6 Å². The molecule has 108 valence electrons. The van der Waals surface area contributed by atoms with E-state index >= 15 is 0 Å². The van der Waals surface area contributed by atoms with Gasteiger partial charge in [0, 0.05) is 16.3 Å². The molecule has 2 aromatic carbocycles. The van der Waals surface area contributed by atoms with E-state index in [1.54, 1.807) is 25.1 Å². The second kappa shape index (κ2) is 6.26. The van der Waals surface area contributed by atoms with Gasteiger partial charge in [0.15, 0.2) is 0 Å². The molecule has 4 nitrogen and oxygen atoms in total. The highest BCUT2D eigenvalue weighted by molar-refractivity contribution is 6.58. The molecule has 0 heterocycles. The van der Waals surface area contributed by atoms with Gasteiger partial charge < -0.3 is 15.4 Å². The number of carbonyl (C=O) groups is 1. The van der Waals surface area contributed by atoms with Crippen molar-refractivity contribution in [2.75, 3.05) is 5.32 Å².